The van der Waals surface area contributed by atoms with Crippen molar-refractivity contribution in [3.8, 4) is 12.3 Å². The summed E-state index contributed by atoms with van der Waals surface area (Å²) in [7, 11) is 0. The zero-order valence-electron chi connectivity index (χ0n) is 8.51. The van der Waals surface area contributed by atoms with E-state index in [-0.39, 0.29) is 5.91 Å². The smallest absolute Gasteiger partial charge is 0.221 e. The second-order valence-corrected chi connectivity index (χ2v) is 3.65. The highest BCUT2D eigenvalue weighted by Gasteiger charge is 2.13. The molecule has 0 aromatic carbocycles. The number of rotatable bonds is 3. The van der Waals surface area contributed by atoms with E-state index in [1.807, 2.05) is 0 Å². The zero-order valence-corrected chi connectivity index (χ0v) is 8.51. The van der Waals surface area contributed by atoms with Crippen LogP contribution in [0.4, 0.5) is 0 Å². The van der Waals surface area contributed by atoms with Gasteiger partial charge in [-0.25, -0.2) is 0 Å². The van der Waals surface area contributed by atoms with Gasteiger partial charge in [-0.2, -0.15) is 0 Å². The van der Waals surface area contributed by atoms with Gasteiger partial charge in [0.05, 0.1) is 0 Å². The normalized spacial score (nSPS) is 22.1. The predicted octanol–water partition coefficient (Wildman–Crippen LogP) is 0.658. The quantitative estimate of drug-likeness (QED) is 0.648. The summed E-state index contributed by atoms with van der Waals surface area (Å²) in [6.45, 7) is 2.07. The van der Waals surface area contributed by atoms with E-state index in [0.717, 1.165) is 32.4 Å². The molecule has 1 heterocycles. The molecule has 3 heteroatoms. The summed E-state index contributed by atoms with van der Waals surface area (Å²) in [5, 5.41) is 6.33. The van der Waals surface area contributed by atoms with Crippen LogP contribution in [-0.2, 0) is 4.79 Å². The lowest BCUT2D eigenvalue weighted by molar-refractivity contribution is -0.121. The average molecular weight is 194 g/mol. The number of hydrogen-bond donors (Lipinski definition) is 2. The van der Waals surface area contributed by atoms with Crippen molar-refractivity contribution in [2.75, 3.05) is 13.1 Å². The Balaban J connectivity index is 2.21. The summed E-state index contributed by atoms with van der Waals surface area (Å²) in [5.41, 5.74) is 0. The van der Waals surface area contributed by atoms with Crippen LogP contribution in [-0.4, -0.2) is 25.0 Å². The molecule has 0 aliphatic carbocycles. The number of terminal acetylenes is 1. The Morgan fingerprint density at radius 2 is 2.36 bits per heavy atom. The lowest BCUT2D eigenvalue weighted by Gasteiger charge is -2.15. The third kappa shape index (κ3) is 4.29. The summed E-state index contributed by atoms with van der Waals surface area (Å²) in [4.78, 5) is 11.4. The van der Waals surface area contributed by atoms with Gasteiger partial charge in [0.25, 0.3) is 0 Å². The molecule has 1 aliphatic heterocycles. The minimum absolute atomic E-state index is 0.0925. The Labute approximate surface area is 85.6 Å². The van der Waals surface area contributed by atoms with E-state index in [0.29, 0.717) is 18.9 Å². The van der Waals surface area contributed by atoms with Gasteiger partial charge in [0, 0.05) is 18.9 Å². The molecule has 0 radical (unpaired) electrons. The number of nitrogens with one attached hydrogen (secondary N) is 2. The first-order chi connectivity index (χ1) is 6.83. The molecule has 1 amide bonds. The summed E-state index contributed by atoms with van der Waals surface area (Å²) in [6.07, 6.45) is 9.34. The van der Waals surface area contributed by atoms with Crippen LogP contribution in [0, 0.1) is 12.3 Å². The van der Waals surface area contributed by atoms with Gasteiger partial charge in [0.2, 0.25) is 5.91 Å². The van der Waals surface area contributed by atoms with Crippen LogP contribution < -0.4 is 10.6 Å². The van der Waals surface area contributed by atoms with E-state index in [1.165, 1.54) is 0 Å². The third-order valence-corrected chi connectivity index (χ3v) is 2.44. The van der Waals surface area contributed by atoms with Gasteiger partial charge < -0.3 is 10.6 Å². The second kappa shape index (κ2) is 6.44. The van der Waals surface area contributed by atoms with Crippen LogP contribution in [0.2, 0.25) is 0 Å². The summed E-state index contributed by atoms with van der Waals surface area (Å²) in [6, 6.07) is 0.343. The topological polar surface area (TPSA) is 41.1 Å². The Morgan fingerprint density at radius 3 is 3.14 bits per heavy atom. The van der Waals surface area contributed by atoms with E-state index in [1.54, 1.807) is 0 Å². The Hall–Kier alpha value is -1.01. The van der Waals surface area contributed by atoms with Gasteiger partial charge in [-0.05, 0) is 32.4 Å². The molecule has 1 atom stereocenters. The van der Waals surface area contributed by atoms with Crippen LogP contribution in [0.25, 0.3) is 0 Å². The second-order valence-electron chi connectivity index (χ2n) is 3.65. The number of carbonyl (C=O) groups excluding carboxylic acids is 1. The van der Waals surface area contributed by atoms with E-state index in [4.69, 9.17) is 6.42 Å². The number of carbonyl (C=O) groups is 1. The van der Waals surface area contributed by atoms with Gasteiger partial charge in [0.1, 0.15) is 0 Å². The number of amides is 1. The maximum atomic E-state index is 11.4. The lowest BCUT2D eigenvalue weighted by Crippen LogP contribution is -2.35. The molecule has 0 aromatic heterocycles. The van der Waals surface area contributed by atoms with Crippen LogP contribution in [0.15, 0.2) is 0 Å². The van der Waals surface area contributed by atoms with Crippen molar-refractivity contribution in [1.29, 1.82) is 0 Å². The fraction of sp³-hybridized carbons (Fsp3) is 0.727. The molecular weight excluding hydrogens is 176 g/mol. The standard InChI is InChI=1S/C11H18N2O/c1-2-3-6-11(14)13-10-5-4-8-12-9-7-10/h1,10,12H,3-9H2,(H,13,14). The highest BCUT2D eigenvalue weighted by atomic mass is 16.1. The van der Waals surface area contributed by atoms with Crippen molar-refractivity contribution in [1.82, 2.24) is 10.6 Å². The molecule has 1 rings (SSSR count). The van der Waals surface area contributed by atoms with Crippen molar-refractivity contribution in [2.45, 2.75) is 38.1 Å². The first-order valence-electron chi connectivity index (χ1n) is 5.26. The molecular formula is C11H18N2O. The maximum absolute atomic E-state index is 11.4. The van der Waals surface area contributed by atoms with Crippen molar-refractivity contribution in [3.63, 3.8) is 0 Å². The molecule has 0 aromatic rings. The predicted molar refractivity (Wildman–Crippen MR) is 56.7 cm³/mol. The molecule has 3 nitrogen and oxygen atoms in total. The number of hydrogen-bond acceptors (Lipinski definition) is 2. The first kappa shape index (κ1) is 11.1. The Kier molecular flexibility index (Phi) is 5.09. The van der Waals surface area contributed by atoms with E-state index < -0.39 is 0 Å². The van der Waals surface area contributed by atoms with Crippen LogP contribution in [0.1, 0.15) is 32.1 Å². The maximum Gasteiger partial charge on any atom is 0.221 e. The SMILES string of the molecule is C#CCCC(=O)NC1CCCNCC1. The van der Waals surface area contributed by atoms with E-state index in [9.17, 15) is 4.79 Å². The largest absolute Gasteiger partial charge is 0.353 e. The Morgan fingerprint density at radius 1 is 1.50 bits per heavy atom. The van der Waals surface area contributed by atoms with Crippen LogP contribution >= 0.6 is 0 Å². The molecule has 78 valence electrons. The van der Waals surface area contributed by atoms with Crippen molar-refractivity contribution < 1.29 is 4.79 Å². The lowest BCUT2D eigenvalue weighted by atomic mass is 10.1. The van der Waals surface area contributed by atoms with Crippen LogP contribution in [0.3, 0.4) is 0 Å². The van der Waals surface area contributed by atoms with Crippen molar-refractivity contribution in [3.05, 3.63) is 0 Å². The molecule has 0 saturated carbocycles. The van der Waals surface area contributed by atoms with Gasteiger partial charge in [0.15, 0.2) is 0 Å². The minimum atomic E-state index is 0.0925. The van der Waals surface area contributed by atoms with E-state index in [2.05, 4.69) is 16.6 Å². The molecule has 1 saturated heterocycles. The highest BCUT2D eigenvalue weighted by Crippen LogP contribution is 2.05. The zero-order chi connectivity index (χ0) is 10.2. The fourth-order valence-corrected chi connectivity index (χ4v) is 1.65. The molecule has 1 fully saturated rings. The summed E-state index contributed by atoms with van der Waals surface area (Å²) < 4.78 is 0. The van der Waals surface area contributed by atoms with Gasteiger partial charge >= 0.3 is 0 Å². The van der Waals surface area contributed by atoms with E-state index >= 15 is 0 Å². The minimum Gasteiger partial charge on any atom is -0.353 e. The molecule has 1 aliphatic rings. The first-order valence-corrected chi connectivity index (χ1v) is 5.26. The molecule has 0 spiro atoms. The fourth-order valence-electron chi connectivity index (χ4n) is 1.65. The summed E-state index contributed by atoms with van der Waals surface area (Å²) >= 11 is 0. The van der Waals surface area contributed by atoms with Crippen LogP contribution in [0.5, 0.6) is 0 Å². The average Bonchev–Trinajstić information content (AvgIpc) is 2.43. The van der Waals surface area contributed by atoms with Gasteiger partial charge in [-0.3, -0.25) is 4.79 Å². The molecule has 1 unspecified atom stereocenters. The van der Waals surface area contributed by atoms with Gasteiger partial charge in [-0.15, -0.1) is 12.3 Å². The monoisotopic (exact) mass is 194 g/mol. The molecule has 0 bridgehead atoms. The van der Waals surface area contributed by atoms with Gasteiger partial charge in [-0.1, -0.05) is 0 Å². The highest BCUT2D eigenvalue weighted by molar-refractivity contribution is 5.76. The summed E-state index contributed by atoms with van der Waals surface area (Å²) in [5.74, 6) is 2.57. The Bertz CT molecular complexity index is 212. The van der Waals surface area contributed by atoms with Crippen molar-refractivity contribution >= 4 is 5.91 Å². The van der Waals surface area contributed by atoms with Crippen molar-refractivity contribution in [2.24, 2.45) is 0 Å². The molecule has 14 heavy (non-hydrogen) atoms. The molecule has 2 N–H and O–H groups in total. The third-order valence-electron chi connectivity index (χ3n) is 2.44.